The van der Waals surface area contributed by atoms with E-state index in [2.05, 4.69) is 49.1 Å². The number of ether oxygens (including phenoxy) is 2. The van der Waals surface area contributed by atoms with Crippen LogP contribution in [0.5, 0.6) is 11.5 Å². The fourth-order valence-electron chi connectivity index (χ4n) is 4.27. The third kappa shape index (κ3) is 3.65. The summed E-state index contributed by atoms with van der Waals surface area (Å²) in [5.41, 5.74) is 4.85. The molecule has 0 aromatic heterocycles. The molecule has 0 radical (unpaired) electrons. The average molecular weight is 367 g/mol. The van der Waals surface area contributed by atoms with Crippen LogP contribution in [0.15, 0.2) is 36.4 Å². The normalized spacial score (nSPS) is 18.4. The topological polar surface area (TPSA) is 59.0 Å². The molecule has 0 spiro atoms. The number of benzene rings is 2. The van der Waals surface area contributed by atoms with Crippen molar-refractivity contribution >= 4 is 5.97 Å². The van der Waals surface area contributed by atoms with Crippen molar-refractivity contribution in [2.24, 2.45) is 5.92 Å². The van der Waals surface area contributed by atoms with Crippen LogP contribution in [0.2, 0.25) is 0 Å². The van der Waals surface area contributed by atoms with Gasteiger partial charge in [-0.25, -0.2) is 0 Å². The van der Waals surface area contributed by atoms with Crippen molar-refractivity contribution in [1.29, 1.82) is 0 Å². The summed E-state index contributed by atoms with van der Waals surface area (Å²) >= 11 is 0. The second kappa shape index (κ2) is 7.24. The Hall–Kier alpha value is -2.53. The van der Waals surface area contributed by atoms with E-state index < -0.39 is 5.97 Å². The summed E-state index contributed by atoms with van der Waals surface area (Å²) in [4.78, 5) is 13.7. The number of nitrogens with zero attached hydrogens (tertiary/aromatic N) is 1. The highest BCUT2D eigenvalue weighted by Gasteiger charge is 2.31. The van der Waals surface area contributed by atoms with Crippen molar-refractivity contribution in [3.8, 4) is 11.5 Å². The maximum atomic E-state index is 11.3. The summed E-state index contributed by atoms with van der Waals surface area (Å²) in [5, 5.41) is 9.33. The lowest BCUT2D eigenvalue weighted by Gasteiger charge is -2.37. The largest absolute Gasteiger partial charge is 0.481 e. The van der Waals surface area contributed by atoms with Crippen molar-refractivity contribution in [1.82, 2.24) is 4.90 Å². The van der Waals surface area contributed by atoms with Gasteiger partial charge in [0.05, 0.1) is 12.0 Å². The maximum absolute atomic E-state index is 11.3. The van der Waals surface area contributed by atoms with Crippen LogP contribution in [0.4, 0.5) is 0 Å². The van der Waals surface area contributed by atoms with E-state index in [1.165, 1.54) is 16.7 Å². The number of aryl methyl sites for hydroxylation is 2. The molecule has 1 saturated heterocycles. The first-order valence-electron chi connectivity index (χ1n) is 9.46. The van der Waals surface area contributed by atoms with E-state index in [9.17, 15) is 9.90 Å². The Bertz CT molecular complexity index is 835. The Labute approximate surface area is 159 Å². The molecule has 0 bridgehead atoms. The molecular weight excluding hydrogens is 342 g/mol. The first-order valence-corrected chi connectivity index (χ1v) is 9.46. The first kappa shape index (κ1) is 17.9. The second-order valence-electron chi connectivity index (χ2n) is 7.58. The Morgan fingerprint density at radius 1 is 1.00 bits per heavy atom. The first-order chi connectivity index (χ1) is 13.0. The molecule has 5 heteroatoms. The zero-order valence-corrected chi connectivity index (χ0v) is 15.8. The molecule has 1 N–H and O–H groups in total. The van der Waals surface area contributed by atoms with Crippen LogP contribution >= 0.6 is 0 Å². The number of hydrogen-bond donors (Lipinski definition) is 1. The van der Waals surface area contributed by atoms with Crippen molar-refractivity contribution in [3.63, 3.8) is 0 Å². The number of carboxylic acids is 1. The van der Waals surface area contributed by atoms with Gasteiger partial charge in [-0.2, -0.15) is 0 Å². The lowest BCUT2D eigenvalue weighted by atomic mass is 9.90. The van der Waals surface area contributed by atoms with E-state index in [1.54, 1.807) is 0 Å². The van der Waals surface area contributed by atoms with Gasteiger partial charge in [-0.1, -0.05) is 35.4 Å². The summed E-state index contributed by atoms with van der Waals surface area (Å²) in [6.45, 7) is 6.02. The van der Waals surface area contributed by atoms with Gasteiger partial charge in [0.2, 0.25) is 6.79 Å². The van der Waals surface area contributed by atoms with Gasteiger partial charge in [0.25, 0.3) is 0 Å². The van der Waals surface area contributed by atoms with Crippen LogP contribution in [0.3, 0.4) is 0 Å². The van der Waals surface area contributed by atoms with Crippen molar-refractivity contribution < 1.29 is 19.4 Å². The Kier molecular flexibility index (Phi) is 4.79. The van der Waals surface area contributed by atoms with Gasteiger partial charge in [-0.15, -0.1) is 0 Å². The average Bonchev–Trinajstić information content (AvgIpc) is 3.09. The highest BCUT2D eigenvalue weighted by Crippen LogP contribution is 2.39. The van der Waals surface area contributed by atoms with Crippen LogP contribution in [0.1, 0.15) is 41.1 Å². The summed E-state index contributed by atoms with van der Waals surface area (Å²) in [6.07, 6.45) is 1.36. The smallest absolute Gasteiger partial charge is 0.306 e. The fraction of sp³-hybridized carbons (Fsp3) is 0.409. The van der Waals surface area contributed by atoms with Gasteiger partial charge in [-0.05, 0) is 63.0 Å². The molecule has 0 aliphatic carbocycles. The summed E-state index contributed by atoms with van der Waals surface area (Å²) in [6, 6.07) is 12.8. The summed E-state index contributed by atoms with van der Waals surface area (Å²) in [7, 11) is 0. The Morgan fingerprint density at radius 2 is 1.67 bits per heavy atom. The quantitative estimate of drug-likeness (QED) is 0.888. The molecule has 0 saturated carbocycles. The van der Waals surface area contributed by atoms with Crippen molar-refractivity contribution in [2.45, 2.75) is 32.7 Å². The number of aliphatic carboxylic acids is 1. The van der Waals surface area contributed by atoms with Crippen LogP contribution in [-0.4, -0.2) is 35.9 Å². The lowest BCUT2D eigenvalue weighted by Crippen LogP contribution is -2.39. The zero-order chi connectivity index (χ0) is 19.0. The van der Waals surface area contributed by atoms with Crippen LogP contribution in [-0.2, 0) is 4.79 Å². The molecule has 4 rings (SSSR count). The van der Waals surface area contributed by atoms with Gasteiger partial charge in [0, 0.05) is 0 Å². The zero-order valence-electron chi connectivity index (χ0n) is 15.8. The molecular formula is C22H25NO4. The molecule has 2 aliphatic heterocycles. The number of carboxylic acid groups (broad SMARTS) is 1. The highest BCUT2D eigenvalue weighted by atomic mass is 16.7. The number of piperidine rings is 1. The van der Waals surface area contributed by atoms with E-state index in [0.29, 0.717) is 12.8 Å². The van der Waals surface area contributed by atoms with Crippen molar-refractivity contribution in [2.75, 3.05) is 19.9 Å². The van der Waals surface area contributed by atoms with E-state index in [4.69, 9.17) is 9.47 Å². The van der Waals surface area contributed by atoms with Crippen LogP contribution in [0, 0.1) is 19.8 Å². The maximum Gasteiger partial charge on any atom is 0.306 e. The number of fused-ring (bicyclic) bond motifs is 1. The molecule has 2 aliphatic rings. The molecule has 2 aromatic carbocycles. The molecule has 5 nitrogen and oxygen atoms in total. The molecule has 27 heavy (non-hydrogen) atoms. The molecule has 1 fully saturated rings. The fourth-order valence-corrected chi connectivity index (χ4v) is 4.27. The third-order valence-electron chi connectivity index (χ3n) is 5.52. The highest BCUT2D eigenvalue weighted by molar-refractivity contribution is 5.70. The third-order valence-corrected chi connectivity index (χ3v) is 5.52. The minimum absolute atomic E-state index is 0.0767. The van der Waals surface area contributed by atoms with E-state index >= 15 is 0 Å². The minimum Gasteiger partial charge on any atom is -0.481 e. The van der Waals surface area contributed by atoms with Crippen LogP contribution < -0.4 is 9.47 Å². The predicted octanol–water partition coefficient (Wildman–Crippen LogP) is 3.92. The monoisotopic (exact) mass is 367 g/mol. The molecule has 2 heterocycles. The lowest BCUT2D eigenvalue weighted by molar-refractivity contribution is -0.143. The number of hydrogen-bond acceptors (Lipinski definition) is 4. The minimum atomic E-state index is -0.680. The number of rotatable bonds is 4. The second-order valence-corrected chi connectivity index (χ2v) is 7.58. The number of likely N-dealkylation sites (tertiary alicyclic amines) is 1. The van der Waals surface area contributed by atoms with Gasteiger partial charge in [0.1, 0.15) is 0 Å². The molecule has 1 unspecified atom stereocenters. The summed E-state index contributed by atoms with van der Waals surface area (Å²) in [5.74, 6) is 0.642. The van der Waals surface area contributed by atoms with Gasteiger partial charge in [0.15, 0.2) is 11.5 Å². The SMILES string of the molecule is Cc1cc(C)cc(C(c2ccc3c(c2)OCO3)N2CCC(C(=O)O)CC2)c1. The van der Waals surface area contributed by atoms with E-state index in [-0.39, 0.29) is 18.8 Å². The molecule has 1 atom stereocenters. The Balaban J connectivity index is 1.70. The standard InChI is InChI=1S/C22H25NO4/c1-14-9-15(2)11-18(10-14)21(23-7-5-16(6-8-23)22(24)25)17-3-4-19-20(12-17)27-13-26-19/h3-4,9-12,16,21H,5-8,13H2,1-2H3,(H,24,25). The Morgan fingerprint density at radius 3 is 2.33 bits per heavy atom. The van der Waals surface area contributed by atoms with Gasteiger partial charge >= 0.3 is 5.97 Å². The molecule has 0 amide bonds. The van der Waals surface area contributed by atoms with Gasteiger partial charge in [-0.3, -0.25) is 9.69 Å². The van der Waals surface area contributed by atoms with E-state index in [0.717, 1.165) is 30.2 Å². The molecule has 2 aromatic rings. The predicted molar refractivity (Wildman–Crippen MR) is 102 cm³/mol. The number of carbonyl (C=O) groups is 1. The van der Waals surface area contributed by atoms with Crippen molar-refractivity contribution in [3.05, 3.63) is 58.7 Å². The van der Waals surface area contributed by atoms with E-state index in [1.807, 2.05) is 6.07 Å². The summed E-state index contributed by atoms with van der Waals surface area (Å²) < 4.78 is 11.1. The van der Waals surface area contributed by atoms with Gasteiger partial charge < -0.3 is 14.6 Å². The molecule has 142 valence electrons. The van der Waals surface area contributed by atoms with Crippen LogP contribution in [0.25, 0.3) is 0 Å².